The lowest BCUT2D eigenvalue weighted by molar-refractivity contribution is 0.0941. The number of rotatable bonds is 6. The van der Waals surface area contributed by atoms with Crippen molar-refractivity contribution in [2.24, 2.45) is 13.0 Å². The third-order valence-electron chi connectivity index (χ3n) is 4.07. The van der Waals surface area contributed by atoms with Gasteiger partial charge in [0, 0.05) is 25.4 Å². The lowest BCUT2D eigenvalue weighted by atomic mass is 10.1. The summed E-state index contributed by atoms with van der Waals surface area (Å²) in [6, 6.07) is 2.61. The van der Waals surface area contributed by atoms with Gasteiger partial charge in [-0.1, -0.05) is 11.6 Å². The molecular weight excluding hydrogens is 399 g/mol. The zero-order valence-corrected chi connectivity index (χ0v) is 16.0. The summed E-state index contributed by atoms with van der Waals surface area (Å²) in [5.41, 5.74) is 2.55. The normalized spacial score (nSPS) is 17.2. The predicted octanol–water partition coefficient (Wildman–Crippen LogP) is 1.48. The summed E-state index contributed by atoms with van der Waals surface area (Å²) >= 11 is 5.88. The van der Waals surface area contributed by atoms with E-state index in [1.165, 1.54) is 12.1 Å². The van der Waals surface area contributed by atoms with Crippen molar-refractivity contribution in [1.82, 2.24) is 19.8 Å². The average Bonchev–Trinajstić information content (AvgIpc) is 3.26. The van der Waals surface area contributed by atoms with Gasteiger partial charge in [0.05, 0.1) is 35.0 Å². The van der Waals surface area contributed by atoms with Gasteiger partial charge >= 0.3 is 0 Å². The van der Waals surface area contributed by atoms with Crippen molar-refractivity contribution < 1.29 is 22.3 Å². The molecule has 1 aliphatic heterocycles. The maximum Gasteiger partial charge on any atom is 0.269 e. The molecule has 1 amide bonds. The number of halogens is 2. The number of hydrazine groups is 1. The second-order valence-electron chi connectivity index (χ2n) is 6.31. The van der Waals surface area contributed by atoms with E-state index in [1.54, 1.807) is 24.1 Å². The lowest BCUT2D eigenvalue weighted by Crippen LogP contribution is -2.44. The number of benzene rings is 1. The Morgan fingerprint density at radius 3 is 2.89 bits per heavy atom. The van der Waals surface area contributed by atoms with Gasteiger partial charge in [-0.3, -0.25) is 10.2 Å². The fourth-order valence-corrected chi connectivity index (χ4v) is 4.16. The summed E-state index contributed by atoms with van der Waals surface area (Å²) < 4.78 is 45.2. The zero-order valence-electron chi connectivity index (χ0n) is 14.4. The quantitative estimate of drug-likeness (QED) is 0.694. The van der Waals surface area contributed by atoms with E-state index in [4.69, 9.17) is 16.3 Å². The number of sulfonamides is 1. The van der Waals surface area contributed by atoms with Gasteiger partial charge in [-0.15, -0.1) is 4.83 Å². The van der Waals surface area contributed by atoms with E-state index in [1.807, 2.05) is 10.3 Å². The molecular formula is C16H18ClFN4O4S. The zero-order chi connectivity index (χ0) is 19.6. The van der Waals surface area contributed by atoms with Crippen LogP contribution in [0.2, 0.25) is 5.02 Å². The Bertz CT molecular complexity index is 957. The molecule has 1 atom stereocenters. The minimum absolute atomic E-state index is 0.141. The number of aromatic nitrogens is 2. The van der Waals surface area contributed by atoms with Crippen LogP contribution < -0.4 is 10.3 Å². The number of carbonyl (C=O) groups excluding carboxylic acids is 1. The molecule has 3 rings (SSSR count). The Hall–Kier alpha value is -2.01. The Morgan fingerprint density at radius 1 is 1.48 bits per heavy atom. The second-order valence-corrected chi connectivity index (χ2v) is 8.49. The first-order valence-corrected chi connectivity index (χ1v) is 10.1. The molecule has 8 nitrogen and oxygen atoms in total. The molecule has 2 N–H and O–H groups in total. The van der Waals surface area contributed by atoms with Gasteiger partial charge in [0.1, 0.15) is 0 Å². The van der Waals surface area contributed by atoms with Crippen LogP contribution in [0.25, 0.3) is 11.3 Å². The Labute approximate surface area is 160 Å². The standard InChI is InChI=1S/C16H18ClFN4O4S/c1-22-6-14(19-9-22)11-4-12(15(18)13(17)5-11)16(23)20-21-27(24,25)8-10-2-3-26-7-10/h4-6,9-10,21H,2-3,7-8H2,1H3,(H,20,23)/t10-/m0/s1. The fourth-order valence-electron chi connectivity index (χ4n) is 2.72. The highest BCUT2D eigenvalue weighted by atomic mass is 35.5. The number of hydrogen-bond donors (Lipinski definition) is 2. The maximum atomic E-state index is 14.3. The number of hydrogen-bond acceptors (Lipinski definition) is 5. The van der Waals surface area contributed by atoms with Crippen LogP contribution in [0.3, 0.4) is 0 Å². The number of nitrogens with zero attached hydrogens (tertiary/aromatic N) is 2. The first kappa shape index (κ1) is 19.7. The third-order valence-corrected chi connectivity index (χ3v) is 5.67. The van der Waals surface area contributed by atoms with Gasteiger partial charge < -0.3 is 9.30 Å². The predicted molar refractivity (Wildman–Crippen MR) is 96.9 cm³/mol. The van der Waals surface area contributed by atoms with E-state index in [0.717, 1.165) is 0 Å². The van der Waals surface area contributed by atoms with Gasteiger partial charge in [-0.05, 0) is 24.5 Å². The minimum Gasteiger partial charge on any atom is -0.381 e. The van der Waals surface area contributed by atoms with Crippen molar-refractivity contribution >= 4 is 27.5 Å². The van der Waals surface area contributed by atoms with Crippen LogP contribution in [-0.4, -0.2) is 42.8 Å². The fraction of sp³-hybridized carbons (Fsp3) is 0.375. The van der Waals surface area contributed by atoms with Crippen molar-refractivity contribution in [3.05, 3.63) is 41.1 Å². The van der Waals surface area contributed by atoms with E-state index in [0.29, 0.717) is 30.9 Å². The molecule has 0 bridgehead atoms. The molecule has 1 saturated heterocycles. The topological polar surface area (TPSA) is 102 Å². The summed E-state index contributed by atoms with van der Waals surface area (Å²) in [5, 5.41) is -0.269. The average molecular weight is 417 g/mol. The second kappa shape index (κ2) is 7.93. The lowest BCUT2D eigenvalue weighted by Gasteiger charge is -2.12. The van der Waals surface area contributed by atoms with Crippen LogP contribution in [-0.2, 0) is 21.8 Å². The van der Waals surface area contributed by atoms with Crippen LogP contribution >= 0.6 is 11.6 Å². The minimum atomic E-state index is -3.78. The van der Waals surface area contributed by atoms with Crippen LogP contribution in [0.1, 0.15) is 16.8 Å². The molecule has 27 heavy (non-hydrogen) atoms. The molecule has 0 unspecified atom stereocenters. The van der Waals surface area contributed by atoms with Crippen molar-refractivity contribution in [2.45, 2.75) is 6.42 Å². The number of aryl methyl sites for hydroxylation is 1. The van der Waals surface area contributed by atoms with Crippen molar-refractivity contribution in [3.63, 3.8) is 0 Å². The van der Waals surface area contributed by atoms with E-state index in [-0.39, 0.29) is 16.7 Å². The third kappa shape index (κ3) is 4.83. The summed E-state index contributed by atoms with van der Waals surface area (Å²) in [4.78, 5) is 18.4. The summed E-state index contributed by atoms with van der Waals surface area (Å²) in [6.07, 6.45) is 3.86. The Balaban J connectivity index is 1.74. The number of imidazole rings is 1. The van der Waals surface area contributed by atoms with Crippen molar-refractivity contribution in [2.75, 3.05) is 19.0 Å². The van der Waals surface area contributed by atoms with Gasteiger partial charge in [-0.25, -0.2) is 17.8 Å². The van der Waals surface area contributed by atoms with Gasteiger partial charge in [0.2, 0.25) is 10.0 Å². The first-order valence-electron chi connectivity index (χ1n) is 8.10. The van der Waals surface area contributed by atoms with Gasteiger partial charge in [0.15, 0.2) is 5.82 Å². The Morgan fingerprint density at radius 2 is 2.26 bits per heavy atom. The molecule has 146 valence electrons. The molecule has 1 fully saturated rings. The van der Waals surface area contributed by atoms with Crippen molar-refractivity contribution in [3.8, 4) is 11.3 Å². The van der Waals surface area contributed by atoms with Gasteiger partial charge in [-0.2, -0.15) is 0 Å². The van der Waals surface area contributed by atoms with Crippen molar-refractivity contribution in [1.29, 1.82) is 0 Å². The molecule has 1 aliphatic rings. The SMILES string of the molecule is Cn1cnc(-c2cc(Cl)c(F)c(C(=O)NNS(=O)(=O)C[C@H]3CCOC3)c2)c1. The van der Waals surface area contributed by atoms with Crippen LogP contribution in [0.4, 0.5) is 4.39 Å². The highest BCUT2D eigenvalue weighted by molar-refractivity contribution is 7.89. The molecule has 2 aromatic rings. The highest BCUT2D eigenvalue weighted by Crippen LogP contribution is 2.27. The van der Waals surface area contributed by atoms with Gasteiger partial charge in [0.25, 0.3) is 5.91 Å². The first-order chi connectivity index (χ1) is 12.7. The summed E-state index contributed by atoms with van der Waals surface area (Å²) in [7, 11) is -2.02. The molecule has 1 aromatic heterocycles. The highest BCUT2D eigenvalue weighted by Gasteiger charge is 2.24. The van der Waals surface area contributed by atoms with E-state index < -0.39 is 27.3 Å². The summed E-state index contributed by atoms with van der Waals surface area (Å²) in [6.45, 7) is 0.863. The largest absolute Gasteiger partial charge is 0.381 e. The maximum absolute atomic E-state index is 14.3. The van der Waals surface area contributed by atoms with E-state index in [9.17, 15) is 17.6 Å². The molecule has 11 heteroatoms. The van der Waals surface area contributed by atoms with Crippen LogP contribution in [0.5, 0.6) is 0 Å². The monoisotopic (exact) mass is 416 g/mol. The Kier molecular flexibility index (Phi) is 5.80. The number of carbonyl (C=O) groups is 1. The molecule has 0 radical (unpaired) electrons. The van der Waals surface area contributed by atoms with Crippen LogP contribution in [0, 0.1) is 11.7 Å². The molecule has 0 spiro atoms. The smallest absolute Gasteiger partial charge is 0.269 e. The molecule has 2 heterocycles. The molecule has 0 saturated carbocycles. The number of ether oxygens (including phenoxy) is 1. The van der Waals surface area contributed by atoms with E-state index >= 15 is 0 Å². The van der Waals surface area contributed by atoms with E-state index in [2.05, 4.69) is 4.98 Å². The number of nitrogens with one attached hydrogen (secondary N) is 2. The number of amides is 1. The summed E-state index contributed by atoms with van der Waals surface area (Å²) in [5.74, 6) is -2.24. The molecule has 0 aliphatic carbocycles. The van der Waals surface area contributed by atoms with Crippen LogP contribution in [0.15, 0.2) is 24.7 Å². The molecule has 1 aromatic carbocycles.